The molecule has 3 aromatic carbocycles. The molecule has 4 aromatic rings. The summed E-state index contributed by atoms with van der Waals surface area (Å²) in [7, 11) is 0. The summed E-state index contributed by atoms with van der Waals surface area (Å²) < 4.78 is 1.26. The van der Waals surface area contributed by atoms with Gasteiger partial charge < -0.3 is 0 Å². The second kappa shape index (κ2) is 8.29. The Morgan fingerprint density at radius 3 is 2.23 bits per heavy atom. The molecule has 0 radical (unpaired) electrons. The number of benzene rings is 3. The summed E-state index contributed by atoms with van der Waals surface area (Å²) in [5, 5.41) is 1.12. The van der Waals surface area contributed by atoms with E-state index in [1.165, 1.54) is 47.1 Å². The van der Waals surface area contributed by atoms with Crippen LogP contribution >= 0.6 is 11.3 Å². The first-order valence-corrected chi connectivity index (χ1v) is 10.2. The maximum Gasteiger partial charge on any atom is 0.124 e. The summed E-state index contributed by atoms with van der Waals surface area (Å²) in [4.78, 5) is 4.79. The highest BCUT2D eigenvalue weighted by atomic mass is 32.1. The molecule has 0 aliphatic heterocycles. The SMILES string of the molecule is c1ccc(CCCCCc2cccc(-c3nc4ccccc4s3)c2)cc1. The Hall–Kier alpha value is -2.45. The third-order valence-corrected chi connectivity index (χ3v) is 5.83. The van der Waals surface area contributed by atoms with Crippen LogP contribution in [0.4, 0.5) is 0 Å². The molecule has 0 bridgehead atoms. The first-order chi connectivity index (χ1) is 12.9. The van der Waals surface area contributed by atoms with Gasteiger partial charge >= 0.3 is 0 Å². The summed E-state index contributed by atoms with van der Waals surface area (Å²) >= 11 is 1.78. The van der Waals surface area contributed by atoms with Crippen LogP contribution in [-0.2, 0) is 12.8 Å². The van der Waals surface area contributed by atoms with Crippen molar-refractivity contribution < 1.29 is 0 Å². The lowest BCUT2D eigenvalue weighted by Crippen LogP contribution is -1.89. The summed E-state index contributed by atoms with van der Waals surface area (Å²) in [6, 6.07) is 28.1. The van der Waals surface area contributed by atoms with Crippen molar-refractivity contribution >= 4 is 21.6 Å². The van der Waals surface area contributed by atoms with Crippen LogP contribution in [0.15, 0.2) is 78.9 Å². The summed E-state index contributed by atoms with van der Waals surface area (Å²) in [5.74, 6) is 0. The van der Waals surface area contributed by atoms with Crippen molar-refractivity contribution in [1.29, 1.82) is 0 Å². The van der Waals surface area contributed by atoms with Gasteiger partial charge in [0.1, 0.15) is 5.01 Å². The van der Waals surface area contributed by atoms with Crippen LogP contribution in [0.5, 0.6) is 0 Å². The predicted octanol–water partition coefficient (Wildman–Crippen LogP) is 6.92. The topological polar surface area (TPSA) is 12.9 Å². The Labute approximate surface area is 159 Å². The van der Waals surface area contributed by atoms with E-state index in [1.807, 2.05) is 0 Å². The highest BCUT2D eigenvalue weighted by molar-refractivity contribution is 7.21. The van der Waals surface area contributed by atoms with E-state index in [2.05, 4.69) is 78.9 Å². The molecular weight excluding hydrogens is 334 g/mol. The van der Waals surface area contributed by atoms with Crippen molar-refractivity contribution in [2.75, 3.05) is 0 Å². The quantitative estimate of drug-likeness (QED) is 0.327. The highest BCUT2D eigenvalue weighted by Gasteiger charge is 2.06. The van der Waals surface area contributed by atoms with Gasteiger partial charge in [-0.2, -0.15) is 0 Å². The molecule has 130 valence electrons. The lowest BCUT2D eigenvalue weighted by molar-refractivity contribution is 0.678. The molecule has 1 heterocycles. The third-order valence-electron chi connectivity index (χ3n) is 4.74. The van der Waals surface area contributed by atoms with Gasteiger partial charge in [-0.3, -0.25) is 0 Å². The van der Waals surface area contributed by atoms with E-state index in [9.17, 15) is 0 Å². The Balaban J connectivity index is 1.34. The van der Waals surface area contributed by atoms with Crippen LogP contribution in [0.3, 0.4) is 0 Å². The monoisotopic (exact) mass is 357 g/mol. The first-order valence-electron chi connectivity index (χ1n) is 9.37. The van der Waals surface area contributed by atoms with E-state index >= 15 is 0 Å². The number of para-hydroxylation sites is 1. The van der Waals surface area contributed by atoms with Gasteiger partial charge in [0.2, 0.25) is 0 Å². The molecule has 0 unspecified atom stereocenters. The van der Waals surface area contributed by atoms with Gasteiger partial charge in [-0.15, -0.1) is 11.3 Å². The number of hydrogen-bond donors (Lipinski definition) is 0. The van der Waals surface area contributed by atoms with Gasteiger partial charge in [0.15, 0.2) is 0 Å². The Morgan fingerprint density at radius 1 is 0.654 bits per heavy atom. The van der Waals surface area contributed by atoms with Gasteiger partial charge in [-0.05, 0) is 55.0 Å². The molecular formula is C24H23NS. The number of aryl methyl sites for hydroxylation is 2. The number of unbranched alkanes of at least 4 members (excludes halogenated alkanes) is 2. The second-order valence-corrected chi connectivity index (χ2v) is 7.76. The second-order valence-electron chi connectivity index (χ2n) is 6.73. The van der Waals surface area contributed by atoms with Gasteiger partial charge in [0.25, 0.3) is 0 Å². The lowest BCUT2D eigenvalue weighted by atomic mass is 10.0. The van der Waals surface area contributed by atoms with Crippen molar-refractivity contribution in [2.45, 2.75) is 32.1 Å². The summed E-state index contributed by atoms with van der Waals surface area (Å²) in [6.45, 7) is 0. The average molecular weight is 358 g/mol. The number of hydrogen-bond acceptors (Lipinski definition) is 2. The molecule has 1 aromatic heterocycles. The van der Waals surface area contributed by atoms with Crippen LogP contribution < -0.4 is 0 Å². The number of rotatable bonds is 7. The molecule has 4 rings (SSSR count). The molecule has 0 N–H and O–H groups in total. The Bertz CT molecular complexity index is 939. The van der Waals surface area contributed by atoms with E-state index in [4.69, 9.17) is 4.98 Å². The van der Waals surface area contributed by atoms with Crippen LogP contribution in [0.1, 0.15) is 30.4 Å². The van der Waals surface area contributed by atoms with E-state index in [0.29, 0.717) is 0 Å². The van der Waals surface area contributed by atoms with Crippen molar-refractivity contribution in [3.8, 4) is 10.6 Å². The standard InChI is InChI=1S/C24H23NS/c1-3-10-19(11-4-1)12-5-2-6-13-20-14-9-15-21(18-20)24-25-22-16-7-8-17-23(22)26-24/h1,3-4,7-11,14-18H,2,5-6,12-13H2. The number of aromatic nitrogens is 1. The molecule has 0 aliphatic carbocycles. The largest absolute Gasteiger partial charge is 0.236 e. The molecule has 0 spiro atoms. The maximum absolute atomic E-state index is 4.79. The summed E-state index contributed by atoms with van der Waals surface area (Å²) in [5.41, 5.74) is 5.21. The number of nitrogens with zero attached hydrogens (tertiary/aromatic N) is 1. The fraction of sp³-hybridized carbons (Fsp3) is 0.208. The maximum atomic E-state index is 4.79. The van der Waals surface area contributed by atoms with Gasteiger partial charge in [0, 0.05) is 5.56 Å². The zero-order chi connectivity index (χ0) is 17.6. The molecule has 0 saturated heterocycles. The zero-order valence-corrected chi connectivity index (χ0v) is 15.7. The summed E-state index contributed by atoms with van der Waals surface area (Å²) in [6.07, 6.45) is 6.12. The Kier molecular flexibility index (Phi) is 5.41. The number of fused-ring (bicyclic) bond motifs is 1. The van der Waals surface area contributed by atoms with Crippen LogP contribution in [0.25, 0.3) is 20.8 Å². The molecule has 0 amide bonds. The minimum Gasteiger partial charge on any atom is -0.236 e. The van der Waals surface area contributed by atoms with Crippen LogP contribution in [-0.4, -0.2) is 4.98 Å². The highest BCUT2D eigenvalue weighted by Crippen LogP contribution is 2.30. The Morgan fingerprint density at radius 2 is 1.38 bits per heavy atom. The molecule has 0 atom stereocenters. The van der Waals surface area contributed by atoms with Crippen LogP contribution in [0, 0.1) is 0 Å². The smallest absolute Gasteiger partial charge is 0.124 e. The minimum absolute atomic E-state index is 1.10. The molecule has 2 heteroatoms. The first kappa shape index (κ1) is 17.0. The zero-order valence-electron chi connectivity index (χ0n) is 14.9. The van der Waals surface area contributed by atoms with Gasteiger partial charge in [0.05, 0.1) is 10.2 Å². The van der Waals surface area contributed by atoms with E-state index in [-0.39, 0.29) is 0 Å². The third kappa shape index (κ3) is 4.20. The van der Waals surface area contributed by atoms with E-state index in [0.717, 1.165) is 16.9 Å². The molecule has 0 fully saturated rings. The van der Waals surface area contributed by atoms with Crippen molar-refractivity contribution in [3.05, 3.63) is 90.0 Å². The van der Waals surface area contributed by atoms with Gasteiger partial charge in [-0.1, -0.05) is 67.1 Å². The average Bonchev–Trinajstić information content (AvgIpc) is 3.13. The predicted molar refractivity (Wildman–Crippen MR) is 113 cm³/mol. The van der Waals surface area contributed by atoms with Crippen LogP contribution in [0.2, 0.25) is 0 Å². The minimum atomic E-state index is 1.10. The van der Waals surface area contributed by atoms with Crippen molar-refractivity contribution in [3.63, 3.8) is 0 Å². The lowest BCUT2D eigenvalue weighted by Gasteiger charge is -2.04. The fourth-order valence-electron chi connectivity index (χ4n) is 3.34. The molecule has 26 heavy (non-hydrogen) atoms. The fourth-order valence-corrected chi connectivity index (χ4v) is 4.30. The van der Waals surface area contributed by atoms with E-state index < -0.39 is 0 Å². The van der Waals surface area contributed by atoms with E-state index in [1.54, 1.807) is 11.3 Å². The normalized spacial score (nSPS) is 11.1. The van der Waals surface area contributed by atoms with Crippen molar-refractivity contribution in [1.82, 2.24) is 4.98 Å². The van der Waals surface area contributed by atoms with Gasteiger partial charge in [-0.25, -0.2) is 4.98 Å². The number of thiazole rings is 1. The molecule has 1 nitrogen and oxygen atoms in total. The molecule has 0 aliphatic rings. The molecule has 0 saturated carbocycles. The van der Waals surface area contributed by atoms with Crippen molar-refractivity contribution in [2.24, 2.45) is 0 Å².